The molecule has 1 radical (unpaired) electrons. The van der Waals surface area contributed by atoms with Crippen molar-refractivity contribution >= 4 is 43.6 Å². The van der Waals surface area contributed by atoms with E-state index in [1.54, 1.807) is 24.8 Å². The van der Waals surface area contributed by atoms with Crippen molar-refractivity contribution in [1.82, 2.24) is 19.9 Å². The largest absolute Gasteiger partial charge is 2.00 e. The van der Waals surface area contributed by atoms with Gasteiger partial charge in [-0.25, -0.2) is 5.26 Å². The third kappa shape index (κ3) is 5.79. The van der Waals surface area contributed by atoms with E-state index in [2.05, 4.69) is 68.5 Å². The van der Waals surface area contributed by atoms with Crippen molar-refractivity contribution < 1.29 is 39.2 Å². The Morgan fingerprint density at radius 2 is 0.727 bits per heavy atom. The van der Waals surface area contributed by atoms with Crippen LogP contribution in [-0.4, -0.2) is 19.9 Å². The second-order valence-corrected chi connectivity index (χ2v) is 6.52. The minimum atomic E-state index is 0. The molecule has 33 heavy (non-hydrogen) atoms. The van der Waals surface area contributed by atoms with Gasteiger partial charge in [-0.1, -0.05) is 48.5 Å². The minimum Gasteiger partial charge on any atom is -1.00 e. The Balaban J connectivity index is 0.000000198. The standard InChI is InChI=1S/2C12H8N2.CHNO.BrH.Cu/c2*1-3-9-5-6-10-4-2-8-14-12(10)11(9)13-7-1;2-1-3;;/h2*1-8H;3H;1H;/q;;;;+2/p-2. The van der Waals surface area contributed by atoms with E-state index >= 15 is 0 Å². The van der Waals surface area contributed by atoms with Crippen LogP contribution >= 0.6 is 0 Å². The molecule has 6 nitrogen and oxygen atoms in total. The van der Waals surface area contributed by atoms with Crippen LogP contribution < -0.4 is 22.1 Å². The average molecular weight is 546 g/mol. The Morgan fingerprint density at radius 3 is 0.939 bits per heavy atom. The minimum absolute atomic E-state index is 0. The van der Waals surface area contributed by atoms with Gasteiger partial charge in [0, 0.05) is 52.6 Å². The molecule has 0 amide bonds. The number of hydrogen-bond donors (Lipinski definition) is 0. The first-order valence-corrected chi connectivity index (χ1v) is 9.50. The molecule has 165 valence electrons. The van der Waals surface area contributed by atoms with Gasteiger partial charge in [0.2, 0.25) is 0 Å². The number of rotatable bonds is 0. The Hall–Kier alpha value is -3.63. The van der Waals surface area contributed by atoms with E-state index in [1.165, 1.54) is 0 Å². The van der Waals surface area contributed by atoms with E-state index in [0.29, 0.717) is 6.26 Å². The fourth-order valence-corrected chi connectivity index (χ4v) is 3.36. The van der Waals surface area contributed by atoms with Crippen molar-refractivity contribution in [3.63, 3.8) is 0 Å². The van der Waals surface area contributed by atoms with Crippen LogP contribution in [0.2, 0.25) is 0 Å². The van der Waals surface area contributed by atoms with Crippen molar-refractivity contribution in [3.8, 4) is 6.26 Å². The number of nitriles is 1. The molecule has 0 aliphatic heterocycles. The summed E-state index contributed by atoms with van der Waals surface area (Å²) in [6.07, 6.45) is 7.71. The molecule has 0 bridgehead atoms. The molecule has 0 atom stereocenters. The van der Waals surface area contributed by atoms with E-state index in [1.807, 2.05) is 24.3 Å². The quantitative estimate of drug-likeness (QED) is 0.163. The zero-order valence-corrected chi connectivity index (χ0v) is 19.6. The Morgan fingerprint density at radius 1 is 0.515 bits per heavy atom. The van der Waals surface area contributed by atoms with Crippen LogP contribution in [0.25, 0.3) is 43.6 Å². The summed E-state index contributed by atoms with van der Waals surface area (Å²) in [6.45, 7) is 0. The molecule has 2 aromatic carbocycles. The third-order valence-electron chi connectivity index (χ3n) is 4.69. The number of nitrogens with zero attached hydrogens (tertiary/aromatic N) is 5. The summed E-state index contributed by atoms with van der Waals surface area (Å²) in [4.78, 5) is 17.4. The van der Waals surface area contributed by atoms with Gasteiger partial charge in [0.15, 0.2) is 0 Å². The van der Waals surface area contributed by atoms with E-state index in [0.717, 1.165) is 43.6 Å². The Labute approximate surface area is 211 Å². The normalized spacial score (nSPS) is 9.42. The van der Waals surface area contributed by atoms with Crippen LogP contribution in [0.5, 0.6) is 0 Å². The second-order valence-electron chi connectivity index (χ2n) is 6.52. The van der Waals surface area contributed by atoms with Crippen LogP contribution in [0.1, 0.15) is 0 Å². The molecule has 0 aliphatic carbocycles. The average Bonchev–Trinajstić information content (AvgIpc) is 2.85. The van der Waals surface area contributed by atoms with Crippen molar-refractivity contribution in [2.75, 3.05) is 0 Å². The summed E-state index contributed by atoms with van der Waals surface area (Å²) in [6, 6.07) is 24.3. The predicted molar refractivity (Wildman–Crippen MR) is 120 cm³/mol. The first-order valence-electron chi connectivity index (χ1n) is 9.50. The molecule has 6 rings (SSSR count). The molecular formula is C25H16BrCuN5O. The van der Waals surface area contributed by atoms with Crippen LogP contribution in [0.4, 0.5) is 0 Å². The maximum absolute atomic E-state index is 8.24. The van der Waals surface area contributed by atoms with Crippen molar-refractivity contribution in [2.24, 2.45) is 0 Å². The summed E-state index contributed by atoms with van der Waals surface area (Å²) in [5.74, 6) is 0. The fraction of sp³-hybridized carbons (Fsp3) is 0. The summed E-state index contributed by atoms with van der Waals surface area (Å²) in [5.41, 5.74) is 3.91. The van der Waals surface area contributed by atoms with E-state index in [9.17, 15) is 0 Å². The Bertz CT molecular complexity index is 1320. The second kappa shape index (κ2) is 12.4. The Kier molecular flexibility index (Phi) is 9.64. The van der Waals surface area contributed by atoms with Crippen LogP contribution in [0, 0.1) is 11.5 Å². The molecule has 0 fully saturated rings. The first-order chi connectivity index (χ1) is 15.3. The summed E-state index contributed by atoms with van der Waals surface area (Å²) >= 11 is 0. The van der Waals surface area contributed by atoms with Crippen LogP contribution in [-0.2, 0) is 17.1 Å². The zero-order chi connectivity index (χ0) is 21.5. The smallest absolute Gasteiger partial charge is 1.00 e. The number of pyridine rings is 4. The summed E-state index contributed by atoms with van der Waals surface area (Å²) < 4.78 is 0. The molecule has 4 aromatic heterocycles. The molecule has 4 heterocycles. The van der Waals surface area contributed by atoms with Gasteiger partial charge in [-0.3, -0.25) is 19.9 Å². The monoisotopic (exact) mass is 544 g/mol. The molecule has 0 aliphatic rings. The van der Waals surface area contributed by atoms with Gasteiger partial charge in [-0.15, -0.1) is 0 Å². The number of fused-ring (bicyclic) bond motifs is 6. The first kappa shape index (κ1) is 25.6. The topological polar surface area (TPSA) is 98.4 Å². The van der Waals surface area contributed by atoms with Gasteiger partial charge >= 0.3 is 17.1 Å². The molecule has 0 unspecified atom stereocenters. The number of aromatic nitrogens is 4. The molecule has 0 saturated carbocycles. The number of halogens is 1. The fourth-order valence-electron chi connectivity index (χ4n) is 3.36. The summed E-state index contributed by atoms with van der Waals surface area (Å²) in [7, 11) is 0. The van der Waals surface area contributed by atoms with Gasteiger partial charge in [0.1, 0.15) is 0 Å². The summed E-state index contributed by atoms with van der Waals surface area (Å²) in [5, 5.41) is 19.6. The maximum Gasteiger partial charge on any atom is 2.00 e. The van der Waals surface area contributed by atoms with E-state index < -0.39 is 0 Å². The SMILES string of the molecule is N#C[O-].[Br-].[Cu+2].c1cnc2c(c1)ccc1cccnc12.c1cnc2c(c1)ccc1cccnc12. The molecule has 0 spiro atoms. The maximum atomic E-state index is 8.24. The van der Waals surface area contributed by atoms with Gasteiger partial charge in [-0.05, 0) is 24.3 Å². The molecule has 0 N–H and O–H groups in total. The molecule has 6 aromatic rings. The predicted octanol–water partition coefficient (Wildman–Crippen LogP) is 1.40. The zero-order valence-electron chi connectivity index (χ0n) is 17.1. The van der Waals surface area contributed by atoms with Gasteiger partial charge in [0.25, 0.3) is 0 Å². The van der Waals surface area contributed by atoms with Gasteiger partial charge in [0.05, 0.1) is 22.1 Å². The third-order valence-corrected chi connectivity index (χ3v) is 4.69. The van der Waals surface area contributed by atoms with Crippen molar-refractivity contribution in [1.29, 1.82) is 5.26 Å². The van der Waals surface area contributed by atoms with Gasteiger partial charge in [-0.2, -0.15) is 0 Å². The molecule has 8 heteroatoms. The van der Waals surface area contributed by atoms with E-state index in [4.69, 9.17) is 10.4 Å². The van der Waals surface area contributed by atoms with E-state index in [-0.39, 0.29) is 34.1 Å². The van der Waals surface area contributed by atoms with Crippen LogP contribution in [0.3, 0.4) is 0 Å². The molecule has 0 saturated heterocycles. The van der Waals surface area contributed by atoms with Gasteiger partial charge < -0.3 is 22.1 Å². The van der Waals surface area contributed by atoms with Crippen molar-refractivity contribution in [3.05, 3.63) is 97.6 Å². The number of hydrogen-bond acceptors (Lipinski definition) is 6. The van der Waals surface area contributed by atoms with Crippen LogP contribution in [0.15, 0.2) is 97.6 Å². The number of benzene rings is 2. The molecular weight excluding hydrogens is 530 g/mol. The van der Waals surface area contributed by atoms with Crippen molar-refractivity contribution in [2.45, 2.75) is 0 Å².